The van der Waals surface area contributed by atoms with E-state index in [1.807, 2.05) is 6.92 Å². The first-order chi connectivity index (χ1) is 18.2. The molecule has 0 amide bonds. The molecule has 0 spiro atoms. The van der Waals surface area contributed by atoms with E-state index >= 15 is 0 Å². The highest BCUT2D eigenvalue weighted by Crippen LogP contribution is 2.39. The zero-order chi connectivity index (χ0) is 27.0. The van der Waals surface area contributed by atoms with Crippen LogP contribution in [0.5, 0.6) is 5.75 Å². The zero-order valence-electron chi connectivity index (χ0n) is 20.1. The zero-order valence-corrected chi connectivity index (χ0v) is 20.1. The van der Waals surface area contributed by atoms with Gasteiger partial charge in [0.15, 0.2) is 23.2 Å². The Hall–Kier alpha value is -4.35. The van der Waals surface area contributed by atoms with Gasteiger partial charge in [0.1, 0.15) is 28.9 Å². The maximum Gasteiger partial charge on any atom is 0.417 e. The van der Waals surface area contributed by atoms with Crippen LogP contribution in [-0.4, -0.2) is 31.5 Å². The largest absolute Gasteiger partial charge is 0.494 e. The first kappa shape index (κ1) is 25.3. The van der Waals surface area contributed by atoms with Crippen LogP contribution in [0.15, 0.2) is 59.4 Å². The summed E-state index contributed by atoms with van der Waals surface area (Å²) in [4.78, 5) is 8.49. The summed E-state index contributed by atoms with van der Waals surface area (Å²) in [5.74, 6) is -1.73. The summed E-state index contributed by atoms with van der Waals surface area (Å²) in [7, 11) is 0. The summed E-state index contributed by atoms with van der Waals surface area (Å²) >= 11 is 0. The molecule has 0 aliphatic carbocycles. The Morgan fingerprint density at radius 3 is 2.55 bits per heavy atom. The molecule has 0 saturated carbocycles. The van der Waals surface area contributed by atoms with Gasteiger partial charge < -0.3 is 9.26 Å². The molecule has 1 aromatic heterocycles. The molecule has 0 saturated heterocycles. The molecule has 0 unspecified atom stereocenters. The number of aromatic nitrogens is 5. The van der Waals surface area contributed by atoms with E-state index in [1.54, 1.807) is 6.92 Å². The molecule has 2 aliphatic heterocycles. The summed E-state index contributed by atoms with van der Waals surface area (Å²) < 4.78 is 81.4. The lowest BCUT2D eigenvalue weighted by molar-refractivity contribution is -0.137. The number of alkyl halides is 3. The highest BCUT2D eigenvalue weighted by Gasteiger charge is 2.35. The van der Waals surface area contributed by atoms with Crippen LogP contribution in [0, 0.1) is 11.6 Å². The lowest BCUT2D eigenvalue weighted by Gasteiger charge is -2.13. The molecule has 2 aromatic carbocycles. The monoisotopic (exact) mass is 529 g/mol. The van der Waals surface area contributed by atoms with E-state index in [-0.39, 0.29) is 34.2 Å². The fourth-order valence-corrected chi connectivity index (χ4v) is 3.88. The number of fused-ring (bicyclic) bond motifs is 1. The van der Waals surface area contributed by atoms with Gasteiger partial charge in [-0.25, -0.2) is 18.7 Å². The van der Waals surface area contributed by atoms with E-state index in [9.17, 15) is 22.0 Å². The molecule has 3 aromatic rings. The molecule has 5 rings (SSSR count). The highest BCUT2D eigenvalue weighted by atomic mass is 19.4. The van der Waals surface area contributed by atoms with Crippen LogP contribution >= 0.6 is 0 Å². The van der Waals surface area contributed by atoms with E-state index in [2.05, 4.69) is 20.2 Å². The summed E-state index contributed by atoms with van der Waals surface area (Å²) in [6, 6.07) is 8.23. The summed E-state index contributed by atoms with van der Waals surface area (Å²) in [6.45, 7) is 3.86. The molecule has 12 heteroatoms. The Labute approximate surface area is 213 Å². The van der Waals surface area contributed by atoms with Crippen LogP contribution in [0.1, 0.15) is 37.6 Å². The maximum absolute atomic E-state index is 14.2. The van der Waals surface area contributed by atoms with Gasteiger partial charge in [-0.1, -0.05) is 18.1 Å². The smallest absolute Gasteiger partial charge is 0.417 e. The predicted octanol–water partition coefficient (Wildman–Crippen LogP) is 6.80. The van der Waals surface area contributed by atoms with E-state index in [4.69, 9.17) is 9.26 Å². The third-order valence-corrected chi connectivity index (χ3v) is 5.86. The normalized spacial score (nSPS) is 12.7. The van der Waals surface area contributed by atoms with Crippen molar-refractivity contribution < 1.29 is 31.2 Å². The second-order valence-electron chi connectivity index (χ2n) is 8.52. The van der Waals surface area contributed by atoms with Gasteiger partial charge in [0, 0.05) is 11.6 Å². The first-order valence-electron chi connectivity index (χ1n) is 11.6. The average Bonchev–Trinajstić information content (AvgIpc) is 3.55. The molecular formula is C26H20F5N5O2. The van der Waals surface area contributed by atoms with Gasteiger partial charge in [-0.15, -0.1) is 0 Å². The minimum Gasteiger partial charge on any atom is -0.494 e. The minimum absolute atomic E-state index is 0.000127. The third-order valence-electron chi connectivity index (χ3n) is 5.86. The summed E-state index contributed by atoms with van der Waals surface area (Å²) in [5, 5.41) is 8.13. The molecule has 2 aliphatic rings. The molecule has 0 fully saturated rings. The number of benzene rings is 2. The maximum atomic E-state index is 14.2. The molecule has 3 heterocycles. The second kappa shape index (κ2) is 9.84. The fraction of sp³-hybridized carbons (Fsp3) is 0.231. The molecular weight excluding hydrogens is 509 g/mol. The number of ether oxygens (including phenoxy) is 1. The van der Waals surface area contributed by atoms with Crippen LogP contribution in [0.4, 0.5) is 22.0 Å². The molecule has 1 atom stereocenters. The summed E-state index contributed by atoms with van der Waals surface area (Å²) in [5.41, 5.74) is -0.430. The van der Waals surface area contributed by atoms with E-state index in [0.717, 1.165) is 12.1 Å². The van der Waals surface area contributed by atoms with Crippen LogP contribution in [0.3, 0.4) is 0 Å². The number of hydrogen-bond donors (Lipinski definition) is 0. The van der Waals surface area contributed by atoms with Crippen molar-refractivity contribution in [3.05, 3.63) is 77.8 Å². The lowest BCUT2D eigenvalue weighted by atomic mass is 10.0. The van der Waals surface area contributed by atoms with Crippen LogP contribution < -0.4 is 4.74 Å². The Kier molecular flexibility index (Phi) is 6.55. The van der Waals surface area contributed by atoms with Gasteiger partial charge in [-0.3, -0.25) is 4.68 Å². The quantitative estimate of drug-likeness (QED) is 0.216. The van der Waals surface area contributed by atoms with Crippen molar-refractivity contribution in [1.29, 1.82) is 0 Å². The lowest BCUT2D eigenvalue weighted by Crippen LogP contribution is -2.10. The number of halogens is 5. The Morgan fingerprint density at radius 1 is 1.00 bits per heavy atom. The van der Waals surface area contributed by atoms with Crippen LogP contribution in [0.2, 0.25) is 0 Å². The molecule has 0 N–H and O–H groups in total. The van der Waals surface area contributed by atoms with Gasteiger partial charge in [0.05, 0.1) is 30.1 Å². The molecule has 38 heavy (non-hydrogen) atoms. The van der Waals surface area contributed by atoms with E-state index in [0.29, 0.717) is 24.4 Å². The van der Waals surface area contributed by atoms with Gasteiger partial charge in [-0.2, -0.15) is 18.3 Å². The second-order valence-corrected chi connectivity index (χ2v) is 8.52. The number of hydrogen-bond acceptors (Lipinski definition) is 6. The van der Waals surface area contributed by atoms with Crippen molar-refractivity contribution in [3.63, 3.8) is 0 Å². The van der Waals surface area contributed by atoms with Crippen LogP contribution in [-0.2, 0) is 6.18 Å². The minimum atomic E-state index is -4.64. The van der Waals surface area contributed by atoms with Gasteiger partial charge in [0.25, 0.3) is 0 Å². The van der Waals surface area contributed by atoms with E-state index < -0.39 is 29.4 Å². The number of imidazole rings is 1. The van der Waals surface area contributed by atoms with Crippen molar-refractivity contribution >= 4 is 0 Å². The highest BCUT2D eigenvalue weighted by molar-refractivity contribution is 5.67. The van der Waals surface area contributed by atoms with Crippen molar-refractivity contribution in [3.8, 4) is 39.8 Å². The molecule has 196 valence electrons. The fourth-order valence-electron chi connectivity index (χ4n) is 3.88. The van der Waals surface area contributed by atoms with Crippen molar-refractivity contribution in [2.75, 3.05) is 6.61 Å². The standard InChI is InChI=1S/C26H20F5N5O2/c1-3-9-37-15-7-8-16(18(10-15)26(29,30)31)20-11-23(38-35-20)14(2)36-13-22-21(12-32-36)33-25(34-22)17-5-4-6-19(27)24(17)28/h4-8,10-14H,3,9H2,1-2H3/t14-/m1/s1. The number of rotatable bonds is 7. The van der Waals surface area contributed by atoms with Crippen molar-refractivity contribution in [2.24, 2.45) is 0 Å². The van der Waals surface area contributed by atoms with Gasteiger partial charge in [0.2, 0.25) is 0 Å². The molecule has 7 nitrogen and oxygen atoms in total. The molecule has 0 radical (unpaired) electrons. The van der Waals surface area contributed by atoms with E-state index in [1.165, 1.54) is 47.4 Å². The van der Waals surface area contributed by atoms with Crippen molar-refractivity contribution in [2.45, 2.75) is 32.5 Å². The Morgan fingerprint density at radius 2 is 1.79 bits per heavy atom. The molecule has 0 bridgehead atoms. The van der Waals surface area contributed by atoms with Gasteiger partial charge >= 0.3 is 6.18 Å². The SMILES string of the molecule is CCCOc1ccc(-c2cc([C@@H](C)n3cc4nc(-c5cccc(F)c5F)nc-4cn3)on2)c(C(F)(F)F)c1. The predicted molar refractivity (Wildman–Crippen MR) is 126 cm³/mol. The first-order valence-corrected chi connectivity index (χ1v) is 11.6. The third kappa shape index (κ3) is 4.81. The Balaban J connectivity index is 1.45. The van der Waals surface area contributed by atoms with Crippen LogP contribution in [0.25, 0.3) is 34.0 Å². The summed E-state index contributed by atoms with van der Waals surface area (Å²) in [6.07, 6.45) is -1.06. The average molecular weight is 529 g/mol. The Bertz CT molecular complexity index is 1560. The number of nitrogens with zero attached hydrogens (tertiary/aromatic N) is 5. The van der Waals surface area contributed by atoms with Gasteiger partial charge in [-0.05, 0) is 43.7 Å². The van der Waals surface area contributed by atoms with Crippen molar-refractivity contribution in [1.82, 2.24) is 24.9 Å². The topological polar surface area (TPSA) is 78.9 Å².